The number of hydrogen-bond acceptors (Lipinski definition) is 4. The average Bonchev–Trinajstić information content (AvgIpc) is 2.62. The second-order valence-corrected chi connectivity index (χ2v) is 5.31. The van der Waals surface area contributed by atoms with Gasteiger partial charge in [-0.15, -0.1) is 0 Å². The first-order chi connectivity index (χ1) is 11.6. The maximum absolute atomic E-state index is 12.4. The first-order valence-corrected chi connectivity index (χ1v) is 7.40. The number of hydrogen-bond donors (Lipinski definition) is 2. The van der Waals surface area contributed by atoms with Crippen molar-refractivity contribution in [1.29, 1.82) is 0 Å². The highest BCUT2D eigenvalue weighted by Gasteiger charge is 2.13. The summed E-state index contributed by atoms with van der Waals surface area (Å²) >= 11 is 0. The second kappa shape index (κ2) is 6.46. The van der Waals surface area contributed by atoms with E-state index in [1.807, 2.05) is 12.1 Å². The molecule has 0 aliphatic rings. The molecule has 2 N–H and O–H groups in total. The molecular formula is C20H16O4. The molecular weight excluding hydrogens is 304 g/mol. The SMILES string of the molecule is COc1ccc(/C(O)=C/C(=O)c2ccc3ccccc3c2O)cc1. The number of aliphatic hydroxyl groups excluding tert-OH is 1. The number of phenolic OH excluding ortho intramolecular Hbond substituents is 1. The molecule has 0 fully saturated rings. The number of rotatable bonds is 4. The molecule has 0 aromatic heterocycles. The molecule has 0 spiro atoms. The van der Waals surface area contributed by atoms with E-state index in [4.69, 9.17) is 4.74 Å². The van der Waals surface area contributed by atoms with Crippen molar-refractivity contribution in [2.24, 2.45) is 0 Å². The third kappa shape index (κ3) is 2.94. The van der Waals surface area contributed by atoms with Crippen LogP contribution in [0, 0.1) is 0 Å². The Labute approximate surface area is 139 Å². The zero-order valence-electron chi connectivity index (χ0n) is 13.1. The minimum Gasteiger partial charge on any atom is -0.507 e. The van der Waals surface area contributed by atoms with E-state index in [0.717, 1.165) is 11.5 Å². The lowest BCUT2D eigenvalue weighted by Gasteiger charge is -2.06. The number of aromatic hydroxyl groups is 1. The zero-order chi connectivity index (χ0) is 17.1. The fourth-order valence-electron chi connectivity index (χ4n) is 2.50. The molecule has 4 nitrogen and oxygen atoms in total. The van der Waals surface area contributed by atoms with Crippen LogP contribution in [0.1, 0.15) is 15.9 Å². The van der Waals surface area contributed by atoms with Crippen molar-refractivity contribution in [3.05, 3.63) is 77.9 Å². The molecule has 0 heterocycles. The molecule has 0 saturated carbocycles. The molecule has 3 rings (SSSR count). The van der Waals surface area contributed by atoms with E-state index in [2.05, 4.69) is 0 Å². The van der Waals surface area contributed by atoms with Crippen LogP contribution in [0.2, 0.25) is 0 Å². The van der Waals surface area contributed by atoms with E-state index < -0.39 is 5.78 Å². The van der Waals surface area contributed by atoms with Gasteiger partial charge < -0.3 is 14.9 Å². The number of methoxy groups -OCH3 is 1. The number of ketones is 1. The van der Waals surface area contributed by atoms with E-state index in [0.29, 0.717) is 16.7 Å². The van der Waals surface area contributed by atoms with Crippen molar-refractivity contribution in [2.75, 3.05) is 7.11 Å². The normalized spacial score (nSPS) is 11.5. The van der Waals surface area contributed by atoms with Gasteiger partial charge in [-0.25, -0.2) is 0 Å². The Morgan fingerprint density at radius 2 is 1.71 bits per heavy atom. The molecule has 0 radical (unpaired) electrons. The van der Waals surface area contributed by atoms with Crippen molar-refractivity contribution in [3.63, 3.8) is 0 Å². The molecule has 0 amide bonds. The number of ether oxygens (including phenoxy) is 1. The number of aliphatic hydroxyl groups is 1. The molecule has 0 bridgehead atoms. The van der Waals surface area contributed by atoms with E-state index >= 15 is 0 Å². The Bertz CT molecular complexity index is 924. The summed E-state index contributed by atoms with van der Waals surface area (Å²) in [6.45, 7) is 0. The van der Waals surface area contributed by atoms with Gasteiger partial charge in [-0.05, 0) is 35.7 Å². The standard InChI is InChI=1S/C20H16O4/c1-24-15-9-6-14(7-10-15)18(21)12-19(22)17-11-8-13-4-2-3-5-16(13)20(17)23/h2-12,21,23H,1H3/b18-12-. The van der Waals surface area contributed by atoms with E-state index in [1.54, 1.807) is 55.6 Å². The Kier molecular flexibility index (Phi) is 4.20. The lowest BCUT2D eigenvalue weighted by atomic mass is 10.0. The summed E-state index contributed by atoms with van der Waals surface area (Å²) < 4.78 is 5.05. The van der Waals surface area contributed by atoms with Gasteiger partial charge in [0.15, 0.2) is 5.78 Å². The fourth-order valence-corrected chi connectivity index (χ4v) is 2.50. The zero-order valence-corrected chi connectivity index (χ0v) is 13.1. The quantitative estimate of drug-likeness (QED) is 0.426. The number of fused-ring (bicyclic) bond motifs is 1. The summed E-state index contributed by atoms with van der Waals surface area (Å²) in [5, 5.41) is 21.9. The summed E-state index contributed by atoms with van der Waals surface area (Å²) in [7, 11) is 1.55. The maximum Gasteiger partial charge on any atom is 0.193 e. The van der Waals surface area contributed by atoms with Gasteiger partial charge in [-0.1, -0.05) is 30.3 Å². The van der Waals surface area contributed by atoms with Crippen LogP contribution in [0.25, 0.3) is 16.5 Å². The minimum atomic E-state index is -0.466. The third-order valence-electron chi connectivity index (χ3n) is 3.82. The lowest BCUT2D eigenvalue weighted by Crippen LogP contribution is -1.98. The average molecular weight is 320 g/mol. The van der Waals surface area contributed by atoms with Crippen LogP contribution in [-0.2, 0) is 0 Å². The van der Waals surface area contributed by atoms with Crippen LogP contribution < -0.4 is 4.74 Å². The van der Waals surface area contributed by atoms with Gasteiger partial charge >= 0.3 is 0 Å². The Balaban J connectivity index is 1.94. The topological polar surface area (TPSA) is 66.8 Å². The number of phenols is 1. The van der Waals surface area contributed by atoms with Gasteiger partial charge in [0, 0.05) is 17.0 Å². The van der Waals surface area contributed by atoms with Crippen molar-refractivity contribution < 1.29 is 19.7 Å². The van der Waals surface area contributed by atoms with E-state index in [1.165, 1.54) is 0 Å². The lowest BCUT2D eigenvalue weighted by molar-refractivity contribution is 0.104. The highest BCUT2D eigenvalue weighted by atomic mass is 16.5. The van der Waals surface area contributed by atoms with Crippen LogP contribution in [0.3, 0.4) is 0 Å². The van der Waals surface area contributed by atoms with Crippen molar-refractivity contribution in [3.8, 4) is 11.5 Å². The molecule has 24 heavy (non-hydrogen) atoms. The minimum absolute atomic E-state index is 0.0862. The molecule has 0 saturated heterocycles. The van der Waals surface area contributed by atoms with Crippen LogP contribution in [0.4, 0.5) is 0 Å². The van der Waals surface area contributed by atoms with Gasteiger partial charge in [0.25, 0.3) is 0 Å². The van der Waals surface area contributed by atoms with E-state index in [9.17, 15) is 15.0 Å². The Morgan fingerprint density at radius 3 is 2.42 bits per heavy atom. The van der Waals surface area contributed by atoms with E-state index in [-0.39, 0.29) is 17.1 Å². The van der Waals surface area contributed by atoms with Crippen molar-refractivity contribution in [2.45, 2.75) is 0 Å². The monoisotopic (exact) mass is 320 g/mol. The van der Waals surface area contributed by atoms with Crippen LogP contribution in [0.5, 0.6) is 11.5 Å². The highest BCUT2D eigenvalue weighted by molar-refractivity contribution is 6.12. The Morgan fingerprint density at radius 1 is 1.00 bits per heavy atom. The molecule has 0 aliphatic carbocycles. The first-order valence-electron chi connectivity index (χ1n) is 7.40. The molecule has 0 unspecified atom stereocenters. The van der Waals surface area contributed by atoms with Gasteiger partial charge in [0.05, 0.1) is 12.7 Å². The summed E-state index contributed by atoms with van der Waals surface area (Å²) in [6.07, 6.45) is 1.10. The summed E-state index contributed by atoms with van der Waals surface area (Å²) in [5.74, 6) is -0.0660. The molecule has 0 atom stereocenters. The summed E-state index contributed by atoms with van der Waals surface area (Å²) in [4.78, 5) is 12.4. The molecule has 3 aromatic rings. The largest absolute Gasteiger partial charge is 0.507 e. The number of allylic oxidation sites excluding steroid dienone is 1. The third-order valence-corrected chi connectivity index (χ3v) is 3.82. The predicted octanol–water partition coefficient (Wildman–Crippen LogP) is 4.34. The first kappa shape index (κ1) is 15.6. The number of carbonyl (C=O) groups is 1. The van der Waals surface area contributed by atoms with Gasteiger partial charge in [-0.2, -0.15) is 0 Å². The smallest absolute Gasteiger partial charge is 0.193 e. The van der Waals surface area contributed by atoms with Gasteiger partial charge in [-0.3, -0.25) is 4.79 Å². The number of benzene rings is 3. The van der Waals surface area contributed by atoms with Crippen LogP contribution in [0.15, 0.2) is 66.7 Å². The second-order valence-electron chi connectivity index (χ2n) is 5.31. The summed E-state index contributed by atoms with van der Waals surface area (Å²) in [6, 6.07) is 17.3. The van der Waals surface area contributed by atoms with Gasteiger partial charge in [0.2, 0.25) is 0 Å². The van der Waals surface area contributed by atoms with Crippen LogP contribution in [-0.4, -0.2) is 23.1 Å². The maximum atomic E-state index is 12.4. The van der Waals surface area contributed by atoms with Gasteiger partial charge in [0.1, 0.15) is 17.3 Å². The Hall–Kier alpha value is -3.27. The van der Waals surface area contributed by atoms with Crippen molar-refractivity contribution >= 4 is 22.3 Å². The van der Waals surface area contributed by atoms with Crippen LogP contribution >= 0.6 is 0 Å². The molecule has 3 aromatic carbocycles. The molecule has 0 aliphatic heterocycles. The molecule has 120 valence electrons. The number of carbonyl (C=O) groups excluding carboxylic acids is 1. The summed E-state index contributed by atoms with van der Waals surface area (Å²) in [5.41, 5.74) is 0.637. The fraction of sp³-hybridized carbons (Fsp3) is 0.0500. The highest BCUT2D eigenvalue weighted by Crippen LogP contribution is 2.29. The van der Waals surface area contributed by atoms with Crippen molar-refractivity contribution in [1.82, 2.24) is 0 Å². The molecule has 4 heteroatoms. The predicted molar refractivity (Wildman–Crippen MR) is 93.5 cm³/mol.